The fourth-order valence-corrected chi connectivity index (χ4v) is 1.10. The van der Waals surface area contributed by atoms with Crippen LogP contribution < -0.4 is 4.74 Å². The molecule has 0 saturated carbocycles. The van der Waals surface area contributed by atoms with Crippen LogP contribution in [0.1, 0.15) is 17.6 Å². The van der Waals surface area contributed by atoms with Crippen LogP contribution in [0.15, 0.2) is 6.07 Å². The number of nitrogens with zero attached hydrogens (tertiary/aromatic N) is 2. The maximum atomic E-state index is 12.5. The molecule has 0 spiro atoms. The van der Waals surface area contributed by atoms with E-state index in [0.29, 0.717) is 0 Å². The molecular weight excluding hydrogens is 210 g/mol. The first-order valence-corrected chi connectivity index (χ1v) is 3.95. The molecule has 0 aliphatic heterocycles. The van der Waals surface area contributed by atoms with E-state index in [0.717, 1.165) is 6.07 Å². The zero-order valence-corrected chi connectivity index (χ0v) is 8.03. The normalized spacial score (nSPS) is 10.5. The van der Waals surface area contributed by atoms with Gasteiger partial charge in [-0.05, 0) is 11.8 Å². The van der Waals surface area contributed by atoms with Crippen molar-refractivity contribution in [2.75, 3.05) is 7.11 Å². The smallest absolute Gasteiger partial charge is 0.371 e. The molecule has 0 N–H and O–H groups in total. The summed E-state index contributed by atoms with van der Waals surface area (Å²) in [4.78, 5) is 13.2. The Morgan fingerprint density at radius 2 is 2.20 bits per heavy atom. The van der Waals surface area contributed by atoms with Crippen molar-refractivity contribution in [3.8, 4) is 5.88 Å². The van der Waals surface area contributed by atoms with Gasteiger partial charge in [-0.1, -0.05) is 0 Å². The molecular formula is C8H8F2N2O3. The number of ether oxygens (including phenoxy) is 1. The quantitative estimate of drug-likeness (QED) is 0.576. The highest BCUT2D eigenvalue weighted by Gasteiger charge is 2.24. The second kappa shape index (κ2) is 4.16. The van der Waals surface area contributed by atoms with Crippen molar-refractivity contribution in [3.05, 3.63) is 27.3 Å². The number of methoxy groups -OCH3 is 1. The number of nitro groups is 1. The molecule has 15 heavy (non-hydrogen) atoms. The highest BCUT2D eigenvalue weighted by Crippen LogP contribution is 2.30. The van der Waals surface area contributed by atoms with Gasteiger partial charge in [0, 0.05) is 16.6 Å². The van der Waals surface area contributed by atoms with Crippen LogP contribution in [0.2, 0.25) is 0 Å². The molecule has 0 aliphatic rings. The van der Waals surface area contributed by atoms with Gasteiger partial charge < -0.3 is 14.9 Å². The summed E-state index contributed by atoms with van der Waals surface area (Å²) in [6.07, 6.45) is -2.79. The van der Waals surface area contributed by atoms with E-state index in [1.807, 2.05) is 0 Å². The Bertz CT molecular complexity index is 396. The molecule has 0 atom stereocenters. The Morgan fingerprint density at radius 3 is 2.60 bits per heavy atom. The molecule has 0 unspecified atom stereocenters. The first-order valence-electron chi connectivity index (χ1n) is 3.95. The van der Waals surface area contributed by atoms with E-state index >= 15 is 0 Å². The summed E-state index contributed by atoms with van der Waals surface area (Å²) in [5.74, 6) is -0.799. The van der Waals surface area contributed by atoms with Gasteiger partial charge in [0.05, 0.1) is 12.7 Å². The van der Waals surface area contributed by atoms with Crippen molar-refractivity contribution in [1.82, 2.24) is 4.98 Å². The second-order valence-electron chi connectivity index (χ2n) is 2.76. The monoisotopic (exact) mass is 218 g/mol. The Balaban J connectivity index is 3.40. The van der Waals surface area contributed by atoms with E-state index in [4.69, 9.17) is 0 Å². The van der Waals surface area contributed by atoms with Crippen molar-refractivity contribution in [3.63, 3.8) is 0 Å². The number of halogens is 2. The third-order valence-corrected chi connectivity index (χ3v) is 1.88. The second-order valence-corrected chi connectivity index (χ2v) is 2.76. The number of hydrogen-bond acceptors (Lipinski definition) is 4. The van der Waals surface area contributed by atoms with Gasteiger partial charge in [0.25, 0.3) is 6.43 Å². The average molecular weight is 218 g/mol. The van der Waals surface area contributed by atoms with Crippen LogP contribution in [-0.2, 0) is 0 Å². The third-order valence-electron chi connectivity index (χ3n) is 1.88. The third kappa shape index (κ3) is 2.17. The lowest BCUT2D eigenvalue weighted by molar-refractivity contribution is -0.390. The van der Waals surface area contributed by atoms with E-state index in [1.54, 1.807) is 0 Å². The molecule has 1 aromatic heterocycles. The molecule has 5 nitrogen and oxygen atoms in total. The zero-order valence-electron chi connectivity index (χ0n) is 8.03. The summed E-state index contributed by atoms with van der Waals surface area (Å²) in [5.41, 5.74) is -0.579. The number of aromatic nitrogens is 1. The molecule has 7 heteroatoms. The maximum Gasteiger partial charge on any atom is 0.371 e. The Labute approximate surface area is 83.8 Å². The molecule has 0 aliphatic carbocycles. The van der Waals surface area contributed by atoms with Crippen molar-refractivity contribution < 1.29 is 18.4 Å². The van der Waals surface area contributed by atoms with E-state index in [-0.39, 0.29) is 11.4 Å². The highest BCUT2D eigenvalue weighted by atomic mass is 19.3. The van der Waals surface area contributed by atoms with Gasteiger partial charge in [0.1, 0.15) is 0 Å². The van der Waals surface area contributed by atoms with Crippen molar-refractivity contribution in [2.45, 2.75) is 13.3 Å². The average Bonchev–Trinajstić information content (AvgIpc) is 2.17. The SMILES string of the molecule is COc1cc(C(F)F)c(C)c([N+](=O)[O-])n1. The topological polar surface area (TPSA) is 65.3 Å². The van der Waals surface area contributed by atoms with Crippen molar-refractivity contribution in [1.29, 1.82) is 0 Å². The van der Waals surface area contributed by atoms with Crippen LogP contribution in [0.4, 0.5) is 14.6 Å². The first-order chi connectivity index (χ1) is 6.97. The number of pyridine rings is 1. The molecule has 0 fully saturated rings. The van der Waals surface area contributed by atoms with Gasteiger partial charge in [0.2, 0.25) is 0 Å². The zero-order chi connectivity index (χ0) is 11.6. The Morgan fingerprint density at radius 1 is 1.60 bits per heavy atom. The van der Waals surface area contributed by atoms with E-state index in [1.165, 1.54) is 14.0 Å². The molecule has 0 aromatic carbocycles. The predicted octanol–water partition coefficient (Wildman–Crippen LogP) is 2.24. The van der Waals surface area contributed by atoms with Crippen LogP contribution in [0.25, 0.3) is 0 Å². The largest absolute Gasteiger partial charge is 0.463 e. The Hall–Kier alpha value is -1.79. The molecule has 0 bridgehead atoms. The van der Waals surface area contributed by atoms with Crippen LogP contribution >= 0.6 is 0 Å². The predicted molar refractivity (Wildman–Crippen MR) is 47.1 cm³/mol. The summed E-state index contributed by atoms with van der Waals surface area (Å²) < 4.78 is 29.6. The molecule has 1 heterocycles. The minimum Gasteiger partial charge on any atom is -0.463 e. The summed E-state index contributed by atoms with van der Waals surface area (Å²) in [5, 5.41) is 10.5. The van der Waals surface area contributed by atoms with Gasteiger partial charge in [-0.25, -0.2) is 8.78 Å². The van der Waals surface area contributed by atoms with Crippen LogP contribution in [0, 0.1) is 17.0 Å². The standard InChI is InChI=1S/C8H8F2N2O3/c1-4-5(7(9)10)3-6(15-2)11-8(4)12(13)14/h3,7H,1-2H3. The number of hydrogen-bond donors (Lipinski definition) is 0. The minimum atomic E-state index is -2.79. The van der Waals surface area contributed by atoms with Gasteiger partial charge in [-0.15, -0.1) is 0 Å². The van der Waals surface area contributed by atoms with E-state index < -0.39 is 22.7 Å². The summed E-state index contributed by atoms with van der Waals surface area (Å²) in [7, 11) is 1.21. The van der Waals surface area contributed by atoms with Gasteiger partial charge >= 0.3 is 11.7 Å². The molecule has 0 amide bonds. The maximum absolute atomic E-state index is 12.5. The minimum absolute atomic E-state index is 0.143. The lowest BCUT2D eigenvalue weighted by Gasteiger charge is -2.05. The summed E-state index contributed by atoms with van der Waals surface area (Å²) in [6, 6.07) is 0.993. The first kappa shape index (κ1) is 11.3. The summed E-state index contributed by atoms with van der Waals surface area (Å²) in [6.45, 7) is 1.23. The molecule has 1 aromatic rings. The number of alkyl halides is 2. The molecule has 82 valence electrons. The molecule has 1 rings (SSSR count). The molecule has 0 saturated heterocycles. The van der Waals surface area contributed by atoms with Crippen molar-refractivity contribution >= 4 is 5.82 Å². The van der Waals surface area contributed by atoms with Crippen LogP contribution in [-0.4, -0.2) is 17.0 Å². The van der Waals surface area contributed by atoms with E-state index in [2.05, 4.69) is 9.72 Å². The van der Waals surface area contributed by atoms with Crippen LogP contribution in [0.3, 0.4) is 0 Å². The number of rotatable bonds is 3. The van der Waals surface area contributed by atoms with Gasteiger partial charge in [-0.3, -0.25) is 0 Å². The molecule has 0 radical (unpaired) electrons. The summed E-state index contributed by atoms with van der Waals surface area (Å²) >= 11 is 0. The van der Waals surface area contributed by atoms with Crippen LogP contribution in [0.5, 0.6) is 5.88 Å². The lowest BCUT2D eigenvalue weighted by atomic mass is 10.1. The highest BCUT2D eigenvalue weighted by molar-refractivity contribution is 5.42. The van der Waals surface area contributed by atoms with E-state index in [9.17, 15) is 18.9 Å². The van der Waals surface area contributed by atoms with Gasteiger partial charge in [0.15, 0.2) is 0 Å². The lowest BCUT2D eigenvalue weighted by Crippen LogP contribution is -2.02. The Kier molecular flexibility index (Phi) is 3.13. The van der Waals surface area contributed by atoms with Gasteiger partial charge in [-0.2, -0.15) is 0 Å². The van der Waals surface area contributed by atoms with Crippen molar-refractivity contribution in [2.24, 2.45) is 0 Å². The fraction of sp³-hybridized carbons (Fsp3) is 0.375. The fourth-order valence-electron chi connectivity index (χ4n) is 1.10.